The standard InChI is InChI=1S/C22H27N3O3/c1-2-28-21(27)17-13-25-18(23-17)4-3-5-19(25)24-20(26)12-22-9-14-6-15(10-22)8-16(7-14)11-22/h3-5,13-16H,2,6-12H2,1H3,(H,24,26). The van der Waals surface area contributed by atoms with Crippen LogP contribution in [-0.4, -0.2) is 27.9 Å². The first kappa shape index (κ1) is 17.7. The Morgan fingerprint density at radius 1 is 1.18 bits per heavy atom. The van der Waals surface area contributed by atoms with E-state index in [4.69, 9.17) is 4.74 Å². The number of aromatic nitrogens is 2. The van der Waals surface area contributed by atoms with Gasteiger partial charge in [-0.15, -0.1) is 0 Å². The van der Waals surface area contributed by atoms with Gasteiger partial charge in [0, 0.05) is 12.6 Å². The lowest BCUT2D eigenvalue weighted by atomic mass is 9.49. The normalized spacial score (nSPS) is 30.5. The molecular formula is C22H27N3O3. The number of nitrogens with zero attached hydrogens (tertiary/aromatic N) is 2. The molecule has 0 atom stereocenters. The van der Waals surface area contributed by atoms with Gasteiger partial charge in [-0.1, -0.05) is 6.07 Å². The largest absolute Gasteiger partial charge is 0.461 e. The smallest absolute Gasteiger partial charge is 0.358 e. The van der Waals surface area contributed by atoms with Crippen molar-refractivity contribution in [1.29, 1.82) is 0 Å². The number of pyridine rings is 1. The fourth-order valence-electron chi connectivity index (χ4n) is 6.45. The van der Waals surface area contributed by atoms with Gasteiger partial charge in [-0.2, -0.15) is 0 Å². The highest BCUT2D eigenvalue weighted by Gasteiger charge is 2.51. The number of fused-ring (bicyclic) bond motifs is 1. The first-order valence-electron chi connectivity index (χ1n) is 10.5. The molecule has 4 saturated carbocycles. The van der Waals surface area contributed by atoms with E-state index in [-0.39, 0.29) is 17.0 Å². The molecule has 148 valence electrons. The highest BCUT2D eigenvalue weighted by molar-refractivity contribution is 5.91. The van der Waals surface area contributed by atoms with Gasteiger partial charge in [0.25, 0.3) is 0 Å². The lowest BCUT2D eigenvalue weighted by Gasteiger charge is -2.56. The molecule has 4 bridgehead atoms. The van der Waals surface area contributed by atoms with E-state index in [0.717, 1.165) is 17.8 Å². The summed E-state index contributed by atoms with van der Waals surface area (Å²) in [4.78, 5) is 29.2. The Labute approximate surface area is 164 Å². The van der Waals surface area contributed by atoms with Crippen LogP contribution in [0.2, 0.25) is 0 Å². The Hall–Kier alpha value is -2.37. The highest BCUT2D eigenvalue weighted by Crippen LogP contribution is 2.61. The Morgan fingerprint density at radius 2 is 1.86 bits per heavy atom. The van der Waals surface area contributed by atoms with E-state index in [1.54, 1.807) is 17.5 Å². The summed E-state index contributed by atoms with van der Waals surface area (Å²) >= 11 is 0. The summed E-state index contributed by atoms with van der Waals surface area (Å²) in [5.41, 5.74) is 1.08. The van der Waals surface area contributed by atoms with Crippen LogP contribution >= 0.6 is 0 Å². The van der Waals surface area contributed by atoms with Gasteiger partial charge in [-0.05, 0) is 80.8 Å². The highest BCUT2D eigenvalue weighted by atomic mass is 16.5. The number of hydrogen-bond acceptors (Lipinski definition) is 4. The van der Waals surface area contributed by atoms with Crippen molar-refractivity contribution >= 4 is 23.3 Å². The number of imidazole rings is 1. The van der Waals surface area contributed by atoms with Gasteiger partial charge in [-0.25, -0.2) is 9.78 Å². The van der Waals surface area contributed by atoms with Crippen LogP contribution < -0.4 is 5.32 Å². The van der Waals surface area contributed by atoms with E-state index in [0.29, 0.717) is 24.5 Å². The zero-order valence-electron chi connectivity index (χ0n) is 16.3. The number of esters is 1. The van der Waals surface area contributed by atoms with Gasteiger partial charge in [0.1, 0.15) is 11.5 Å². The van der Waals surface area contributed by atoms with Crippen molar-refractivity contribution in [1.82, 2.24) is 9.38 Å². The van der Waals surface area contributed by atoms with Crippen LogP contribution in [0.5, 0.6) is 0 Å². The minimum Gasteiger partial charge on any atom is -0.461 e. The van der Waals surface area contributed by atoms with Crippen molar-refractivity contribution < 1.29 is 14.3 Å². The summed E-state index contributed by atoms with van der Waals surface area (Å²) in [7, 11) is 0. The summed E-state index contributed by atoms with van der Waals surface area (Å²) in [5, 5.41) is 3.08. The molecule has 4 fully saturated rings. The fraction of sp³-hybridized carbons (Fsp3) is 0.591. The molecular weight excluding hydrogens is 354 g/mol. The molecule has 0 unspecified atom stereocenters. The minimum absolute atomic E-state index is 0.0702. The van der Waals surface area contributed by atoms with Gasteiger partial charge < -0.3 is 10.1 Å². The molecule has 2 aromatic heterocycles. The molecule has 6 rings (SSSR count). The second kappa shape index (κ2) is 6.61. The number of hydrogen-bond donors (Lipinski definition) is 1. The van der Waals surface area contributed by atoms with Crippen molar-refractivity contribution in [2.75, 3.05) is 11.9 Å². The first-order chi connectivity index (χ1) is 13.5. The molecule has 1 N–H and O–H groups in total. The first-order valence-corrected chi connectivity index (χ1v) is 10.5. The number of anilines is 1. The average molecular weight is 381 g/mol. The van der Waals surface area contributed by atoms with Crippen molar-refractivity contribution in [3.05, 3.63) is 30.1 Å². The second-order valence-electron chi connectivity index (χ2n) is 9.13. The zero-order chi connectivity index (χ0) is 19.3. The Balaban J connectivity index is 1.34. The molecule has 0 aliphatic heterocycles. The molecule has 28 heavy (non-hydrogen) atoms. The predicted octanol–water partition coefficient (Wildman–Crippen LogP) is 4.06. The van der Waals surface area contributed by atoms with Crippen molar-refractivity contribution in [3.63, 3.8) is 0 Å². The third-order valence-electron chi connectivity index (χ3n) is 6.94. The quantitative estimate of drug-likeness (QED) is 0.793. The Morgan fingerprint density at radius 3 is 2.50 bits per heavy atom. The van der Waals surface area contributed by atoms with Crippen molar-refractivity contribution in [2.45, 2.75) is 51.9 Å². The molecule has 4 aliphatic rings. The summed E-state index contributed by atoms with van der Waals surface area (Å²) in [6, 6.07) is 5.51. The SMILES string of the molecule is CCOC(=O)c1cn2c(NC(=O)CC34CC5CC(CC(C5)C3)C4)cccc2n1. The van der Waals surface area contributed by atoms with Gasteiger partial charge in [0.05, 0.1) is 6.61 Å². The predicted molar refractivity (Wildman–Crippen MR) is 105 cm³/mol. The van der Waals surface area contributed by atoms with Gasteiger partial charge in [-0.3, -0.25) is 9.20 Å². The molecule has 2 aromatic rings. The van der Waals surface area contributed by atoms with E-state index < -0.39 is 5.97 Å². The minimum atomic E-state index is -0.447. The maximum atomic E-state index is 12.9. The monoisotopic (exact) mass is 381 g/mol. The molecule has 6 nitrogen and oxygen atoms in total. The summed E-state index contributed by atoms with van der Waals surface area (Å²) in [6.45, 7) is 2.07. The van der Waals surface area contributed by atoms with Crippen molar-refractivity contribution in [3.8, 4) is 0 Å². The van der Waals surface area contributed by atoms with E-state index in [2.05, 4.69) is 10.3 Å². The van der Waals surface area contributed by atoms with Gasteiger partial charge in [0.2, 0.25) is 5.91 Å². The molecule has 4 aliphatic carbocycles. The van der Waals surface area contributed by atoms with E-state index in [1.807, 2.05) is 18.2 Å². The summed E-state index contributed by atoms with van der Waals surface area (Å²) < 4.78 is 6.79. The van der Waals surface area contributed by atoms with E-state index in [1.165, 1.54) is 38.5 Å². The average Bonchev–Trinajstić information content (AvgIpc) is 3.05. The van der Waals surface area contributed by atoms with Crippen LogP contribution in [0.25, 0.3) is 5.65 Å². The van der Waals surface area contributed by atoms with Crippen LogP contribution in [0.1, 0.15) is 62.4 Å². The number of carbonyl (C=O) groups is 2. The van der Waals surface area contributed by atoms with E-state index >= 15 is 0 Å². The van der Waals surface area contributed by atoms with Crippen LogP contribution in [0.4, 0.5) is 5.82 Å². The van der Waals surface area contributed by atoms with Crippen LogP contribution in [0.3, 0.4) is 0 Å². The lowest BCUT2D eigenvalue weighted by Crippen LogP contribution is -2.47. The molecule has 0 saturated heterocycles. The van der Waals surface area contributed by atoms with E-state index in [9.17, 15) is 9.59 Å². The Bertz CT molecular complexity index is 897. The zero-order valence-corrected chi connectivity index (χ0v) is 16.3. The summed E-state index contributed by atoms with van der Waals surface area (Å²) in [5.74, 6) is 2.78. The third-order valence-corrected chi connectivity index (χ3v) is 6.94. The fourth-order valence-corrected chi connectivity index (χ4v) is 6.45. The topological polar surface area (TPSA) is 72.7 Å². The third kappa shape index (κ3) is 3.09. The molecule has 0 radical (unpaired) electrons. The molecule has 2 heterocycles. The number of carbonyl (C=O) groups excluding carboxylic acids is 2. The molecule has 0 aromatic carbocycles. The van der Waals surface area contributed by atoms with Crippen LogP contribution in [0.15, 0.2) is 24.4 Å². The summed E-state index contributed by atoms with van der Waals surface area (Å²) in [6.07, 6.45) is 10.0. The maximum Gasteiger partial charge on any atom is 0.358 e. The molecule has 1 amide bonds. The number of nitrogens with one attached hydrogen (secondary N) is 1. The Kier molecular flexibility index (Phi) is 4.18. The number of rotatable bonds is 5. The maximum absolute atomic E-state index is 12.9. The van der Waals surface area contributed by atoms with Crippen LogP contribution in [0, 0.1) is 23.2 Å². The van der Waals surface area contributed by atoms with Crippen molar-refractivity contribution in [2.24, 2.45) is 23.2 Å². The lowest BCUT2D eigenvalue weighted by molar-refractivity contribution is -0.124. The van der Waals surface area contributed by atoms with Gasteiger partial charge >= 0.3 is 5.97 Å². The van der Waals surface area contributed by atoms with Gasteiger partial charge in [0.15, 0.2) is 5.69 Å². The second-order valence-corrected chi connectivity index (χ2v) is 9.13. The van der Waals surface area contributed by atoms with Crippen LogP contribution in [-0.2, 0) is 9.53 Å². The number of amides is 1. The number of ether oxygens (including phenoxy) is 1. The molecule has 0 spiro atoms. The molecule has 6 heteroatoms.